The Morgan fingerprint density at radius 2 is 1.78 bits per heavy atom. The highest BCUT2D eigenvalue weighted by Crippen LogP contribution is 2.13. The monoisotopic (exact) mass is 352 g/mol. The van der Waals surface area contributed by atoms with Gasteiger partial charge >= 0.3 is 0 Å². The van der Waals surface area contributed by atoms with Crippen molar-refractivity contribution in [3.8, 4) is 0 Å². The summed E-state index contributed by atoms with van der Waals surface area (Å²) in [6.45, 7) is 3.91. The SMILES string of the molecule is Cc1ccc(C(=O)Nc2ccc(I)c(C)n2)cc1. The number of amides is 1. The molecule has 1 heterocycles. The molecule has 0 saturated carbocycles. The van der Waals surface area contributed by atoms with Crippen molar-refractivity contribution in [1.29, 1.82) is 0 Å². The molecule has 3 nitrogen and oxygen atoms in total. The molecular weight excluding hydrogens is 339 g/mol. The minimum absolute atomic E-state index is 0.136. The zero-order valence-electron chi connectivity index (χ0n) is 10.2. The molecule has 2 aromatic rings. The van der Waals surface area contributed by atoms with Crippen molar-refractivity contribution in [3.63, 3.8) is 0 Å². The molecule has 0 saturated heterocycles. The van der Waals surface area contributed by atoms with Crippen LogP contribution in [0.2, 0.25) is 0 Å². The van der Waals surface area contributed by atoms with Crippen molar-refractivity contribution < 1.29 is 4.79 Å². The lowest BCUT2D eigenvalue weighted by Gasteiger charge is -2.06. The molecular formula is C14H13IN2O. The summed E-state index contributed by atoms with van der Waals surface area (Å²) < 4.78 is 1.08. The first-order chi connectivity index (χ1) is 8.56. The first-order valence-electron chi connectivity index (χ1n) is 5.57. The molecule has 0 spiro atoms. The number of anilines is 1. The van der Waals surface area contributed by atoms with Gasteiger partial charge < -0.3 is 5.32 Å². The van der Waals surface area contributed by atoms with Crippen molar-refractivity contribution in [2.45, 2.75) is 13.8 Å². The fourth-order valence-electron chi connectivity index (χ4n) is 1.51. The average molecular weight is 352 g/mol. The van der Waals surface area contributed by atoms with E-state index in [1.54, 1.807) is 6.07 Å². The molecule has 1 N–H and O–H groups in total. The minimum atomic E-state index is -0.136. The van der Waals surface area contributed by atoms with Crippen molar-refractivity contribution in [2.24, 2.45) is 0 Å². The normalized spacial score (nSPS) is 10.2. The number of hydrogen-bond donors (Lipinski definition) is 1. The van der Waals surface area contributed by atoms with Crippen molar-refractivity contribution in [3.05, 3.63) is 56.8 Å². The Kier molecular flexibility index (Phi) is 3.96. The van der Waals surface area contributed by atoms with Crippen molar-refractivity contribution >= 4 is 34.3 Å². The summed E-state index contributed by atoms with van der Waals surface area (Å²) in [5.41, 5.74) is 2.69. The van der Waals surface area contributed by atoms with Crippen LogP contribution in [0.4, 0.5) is 5.82 Å². The van der Waals surface area contributed by atoms with Crippen molar-refractivity contribution in [2.75, 3.05) is 5.32 Å². The Morgan fingerprint density at radius 3 is 2.39 bits per heavy atom. The van der Waals surface area contributed by atoms with Crippen LogP contribution in [0.3, 0.4) is 0 Å². The second-order valence-corrected chi connectivity index (χ2v) is 5.25. The van der Waals surface area contributed by atoms with Gasteiger partial charge in [-0.05, 0) is 60.7 Å². The fraction of sp³-hybridized carbons (Fsp3) is 0.143. The molecule has 1 aromatic carbocycles. The van der Waals surface area contributed by atoms with E-state index in [1.165, 1.54) is 0 Å². The number of nitrogens with one attached hydrogen (secondary N) is 1. The summed E-state index contributed by atoms with van der Waals surface area (Å²) in [6.07, 6.45) is 0. The highest BCUT2D eigenvalue weighted by molar-refractivity contribution is 14.1. The fourth-order valence-corrected chi connectivity index (χ4v) is 1.81. The van der Waals surface area contributed by atoms with Crippen LogP contribution < -0.4 is 5.32 Å². The number of benzene rings is 1. The summed E-state index contributed by atoms with van der Waals surface area (Å²) in [7, 11) is 0. The molecule has 18 heavy (non-hydrogen) atoms. The van der Waals surface area contributed by atoms with Crippen LogP contribution in [0.15, 0.2) is 36.4 Å². The quantitative estimate of drug-likeness (QED) is 0.840. The third kappa shape index (κ3) is 3.07. The molecule has 4 heteroatoms. The Balaban J connectivity index is 2.16. The van der Waals surface area contributed by atoms with E-state index in [0.29, 0.717) is 11.4 Å². The van der Waals surface area contributed by atoms with Gasteiger partial charge in [-0.25, -0.2) is 4.98 Å². The summed E-state index contributed by atoms with van der Waals surface area (Å²) in [4.78, 5) is 16.3. The lowest BCUT2D eigenvalue weighted by atomic mass is 10.1. The molecule has 2 rings (SSSR count). The van der Waals surface area contributed by atoms with Crippen molar-refractivity contribution in [1.82, 2.24) is 4.98 Å². The maximum atomic E-state index is 12.0. The highest BCUT2D eigenvalue weighted by atomic mass is 127. The van der Waals surface area contributed by atoms with Gasteiger partial charge in [-0.3, -0.25) is 4.79 Å². The van der Waals surface area contributed by atoms with Gasteiger partial charge in [-0.2, -0.15) is 0 Å². The summed E-state index contributed by atoms with van der Waals surface area (Å²) in [5.74, 6) is 0.446. The molecule has 1 aromatic heterocycles. The van der Waals surface area contributed by atoms with Gasteiger partial charge in [0, 0.05) is 9.13 Å². The minimum Gasteiger partial charge on any atom is -0.307 e. The number of carbonyl (C=O) groups excluding carboxylic acids is 1. The van der Waals surface area contributed by atoms with Crippen LogP contribution >= 0.6 is 22.6 Å². The highest BCUT2D eigenvalue weighted by Gasteiger charge is 2.07. The van der Waals surface area contributed by atoms with E-state index >= 15 is 0 Å². The number of nitrogens with zero attached hydrogens (tertiary/aromatic N) is 1. The van der Waals surface area contributed by atoms with E-state index in [4.69, 9.17) is 0 Å². The predicted molar refractivity (Wildman–Crippen MR) is 80.8 cm³/mol. The number of rotatable bonds is 2. The molecule has 0 radical (unpaired) electrons. The largest absolute Gasteiger partial charge is 0.307 e. The summed E-state index contributed by atoms with van der Waals surface area (Å²) in [6, 6.07) is 11.2. The molecule has 0 aliphatic heterocycles. The molecule has 92 valence electrons. The third-order valence-electron chi connectivity index (χ3n) is 2.58. The van der Waals surface area contributed by atoms with Crippen LogP contribution in [0.1, 0.15) is 21.6 Å². The molecule has 0 unspecified atom stereocenters. The van der Waals surface area contributed by atoms with Gasteiger partial charge in [0.15, 0.2) is 0 Å². The molecule has 0 aliphatic rings. The Labute approximate surface area is 120 Å². The van der Waals surface area contributed by atoms with Gasteiger partial charge in [0.05, 0.1) is 5.69 Å². The van der Waals surface area contributed by atoms with Gasteiger partial charge in [-0.1, -0.05) is 17.7 Å². The van der Waals surface area contributed by atoms with Crippen LogP contribution in [-0.2, 0) is 0 Å². The van der Waals surface area contributed by atoms with Gasteiger partial charge in [0.25, 0.3) is 5.91 Å². The van der Waals surface area contributed by atoms with E-state index < -0.39 is 0 Å². The van der Waals surface area contributed by atoms with Crippen LogP contribution in [0, 0.1) is 17.4 Å². The molecule has 0 aliphatic carbocycles. The summed E-state index contributed by atoms with van der Waals surface area (Å²) in [5, 5.41) is 2.79. The van der Waals surface area contributed by atoms with Crippen LogP contribution in [-0.4, -0.2) is 10.9 Å². The second-order valence-electron chi connectivity index (χ2n) is 4.08. The number of aryl methyl sites for hydroxylation is 2. The van der Waals surface area contributed by atoms with E-state index in [9.17, 15) is 4.79 Å². The number of carbonyl (C=O) groups is 1. The number of halogens is 1. The van der Waals surface area contributed by atoms with Gasteiger partial charge in [0.1, 0.15) is 5.82 Å². The molecule has 0 bridgehead atoms. The van der Waals surface area contributed by atoms with Crippen LogP contribution in [0.25, 0.3) is 0 Å². The van der Waals surface area contributed by atoms with Crippen LogP contribution in [0.5, 0.6) is 0 Å². The zero-order valence-corrected chi connectivity index (χ0v) is 12.4. The Hall–Kier alpha value is -1.43. The maximum absolute atomic E-state index is 12.0. The van der Waals surface area contributed by atoms with Gasteiger partial charge in [-0.15, -0.1) is 0 Å². The number of pyridine rings is 1. The van der Waals surface area contributed by atoms with E-state index in [1.807, 2.05) is 44.2 Å². The molecule has 1 amide bonds. The van der Waals surface area contributed by atoms with E-state index in [2.05, 4.69) is 32.9 Å². The predicted octanol–water partition coefficient (Wildman–Crippen LogP) is 3.56. The zero-order chi connectivity index (χ0) is 13.1. The maximum Gasteiger partial charge on any atom is 0.256 e. The van der Waals surface area contributed by atoms with E-state index in [0.717, 1.165) is 14.8 Å². The molecule has 0 atom stereocenters. The standard InChI is InChI=1S/C14H13IN2O/c1-9-3-5-11(6-4-9)14(18)17-13-8-7-12(15)10(2)16-13/h3-8H,1-2H3,(H,16,17,18). The topological polar surface area (TPSA) is 42.0 Å². The first-order valence-corrected chi connectivity index (χ1v) is 6.65. The smallest absolute Gasteiger partial charge is 0.256 e. The second kappa shape index (κ2) is 5.48. The Morgan fingerprint density at radius 1 is 1.11 bits per heavy atom. The molecule has 0 fully saturated rings. The third-order valence-corrected chi connectivity index (χ3v) is 3.72. The number of hydrogen-bond acceptors (Lipinski definition) is 2. The first kappa shape index (κ1) is 13.0. The lowest BCUT2D eigenvalue weighted by Crippen LogP contribution is -2.13. The number of aromatic nitrogens is 1. The average Bonchev–Trinajstić information content (AvgIpc) is 2.34. The Bertz CT molecular complexity index is 579. The lowest BCUT2D eigenvalue weighted by molar-refractivity contribution is 0.102. The van der Waals surface area contributed by atoms with E-state index in [-0.39, 0.29) is 5.91 Å². The van der Waals surface area contributed by atoms with Gasteiger partial charge in [0.2, 0.25) is 0 Å². The summed E-state index contributed by atoms with van der Waals surface area (Å²) >= 11 is 2.21.